The Balaban J connectivity index is 2.95. The number of nitrogens with one attached hydrogen (secondary N) is 1. The average molecular weight is 199 g/mol. The van der Waals surface area contributed by atoms with Crippen LogP contribution in [0, 0.1) is 0 Å². The first-order valence-electron chi connectivity index (χ1n) is 3.88. The summed E-state index contributed by atoms with van der Waals surface area (Å²) < 4.78 is 0. The Morgan fingerprint density at radius 2 is 2.15 bits per heavy atom. The molecule has 0 aliphatic rings. The van der Waals surface area contributed by atoms with Gasteiger partial charge in [0.2, 0.25) is 5.91 Å². The monoisotopic (exact) mass is 198 g/mol. The van der Waals surface area contributed by atoms with E-state index >= 15 is 0 Å². The summed E-state index contributed by atoms with van der Waals surface area (Å²) in [6, 6.07) is 6.34. The number of nitrogens with two attached hydrogens (primary N) is 1. The first-order chi connectivity index (χ1) is 6.16. The highest BCUT2D eigenvalue weighted by molar-refractivity contribution is 6.31. The van der Waals surface area contributed by atoms with Gasteiger partial charge >= 0.3 is 0 Å². The highest BCUT2D eigenvalue weighted by Gasteiger charge is 2.15. The van der Waals surface area contributed by atoms with E-state index in [2.05, 4.69) is 5.32 Å². The van der Waals surface area contributed by atoms with Gasteiger partial charge in [-0.25, -0.2) is 0 Å². The largest absolute Gasteiger partial charge is 0.358 e. The molecule has 0 aliphatic carbocycles. The van der Waals surface area contributed by atoms with Crippen molar-refractivity contribution in [3.63, 3.8) is 0 Å². The smallest absolute Gasteiger partial charge is 0.241 e. The Labute approximate surface area is 81.9 Å². The van der Waals surface area contributed by atoms with Crippen LogP contribution in [0.5, 0.6) is 0 Å². The Morgan fingerprint density at radius 1 is 1.54 bits per heavy atom. The zero-order chi connectivity index (χ0) is 9.84. The molecule has 3 nitrogen and oxygen atoms in total. The first-order valence-corrected chi connectivity index (χ1v) is 4.26. The van der Waals surface area contributed by atoms with Crippen molar-refractivity contribution < 1.29 is 4.79 Å². The van der Waals surface area contributed by atoms with Crippen LogP contribution in [0.15, 0.2) is 24.3 Å². The van der Waals surface area contributed by atoms with Crippen LogP contribution >= 0.6 is 11.6 Å². The van der Waals surface area contributed by atoms with Crippen molar-refractivity contribution in [3.05, 3.63) is 34.9 Å². The molecule has 0 fully saturated rings. The second-order valence-corrected chi connectivity index (χ2v) is 3.02. The van der Waals surface area contributed by atoms with Crippen molar-refractivity contribution in [2.45, 2.75) is 6.04 Å². The second-order valence-electron chi connectivity index (χ2n) is 2.61. The molecular formula is C9H11ClN2O. The van der Waals surface area contributed by atoms with Gasteiger partial charge in [-0.1, -0.05) is 29.8 Å². The van der Waals surface area contributed by atoms with Crippen LogP contribution < -0.4 is 11.1 Å². The SMILES string of the molecule is CNC(=O)C(N)c1ccccc1Cl. The molecule has 13 heavy (non-hydrogen) atoms. The molecule has 0 saturated heterocycles. The molecule has 4 heteroatoms. The van der Waals surface area contributed by atoms with E-state index < -0.39 is 6.04 Å². The van der Waals surface area contributed by atoms with Gasteiger partial charge in [-0.05, 0) is 11.6 Å². The van der Waals surface area contributed by atoms with Crippen molar-refractivity contribution in [1.82, 2.24) is 5.32 Å². The van der Waals surface area contributed by atoms with Crippen LogP contribution in [0.4, 0.5) is 0 Å². The zero-order valence-electron chi connectivity index (χ0n) is 7.25. The van der Waals surface area contributed by atoms with Gasteiger partial charge < -0.3 is 11.1 Å². The molecule has 0 spiro atoms. The maximum atomic E-state index is 11.2. The quantitative estimate of drug-likeness (QED) is 0.748. The van der Waals surface area contributed by atoms with Gasteiger partial charge in [-0.2, -0.15) is 0 Å². The molecule has 1 rings (SSSR count). The minimum absolute atomic E-state index is 0.242. The number of likely N-dealkylation sites (N-methyl/N-ethyl adjacent to an activating group) is 1. The van der Waals surface area contributed by atoms with Crippen molar-refractivity contribution in [1.29, 1.82) is 0 Å². The Kier molecular flexibility index (Phi) is 3.28. The van der Waals surface area contributed by atoms with Gasteiger partial charge in [-0.3, -0.25) is 4.79 Å². The number of benzene rings is 1. The number of amides is 1. The van der Waals surface area contributed by atoms with E-state index in [1.165, 1.54) is 0 Å². The molecule has 0 aromatic heterocycles. The maximum absolute atomic E-state index is 11.2. The standard InChI is InChI=1S/C9H11ClN2O/c1-12-9(13)8(11)6-4-2-3-5-7(6)10/h2-5,8H,11H2,1H3,(H,12,13). The minimum atomic E-state index is -0.696. The normalized spacial score (nSPS) is 12.2. The summed E-state index contributed by atoms with van der Waals surface area (Å²) in [6.07, 6.45) is 0. The molecule has 0 heterocycles. The van der Waals surface area contributed by atoms with Crippen molar-refractivity contribution >= 4 is 17.5 Å². The summed E-state index contributed by atoms with van der Waals surface area (Å²) >= 11 is 5.86. The maximum Gasteiger partial charge on any atom is 0.241 e. The average Bonchev–Trinajstić information content (AvgIpc) is 2.16. The predicted molar refractivity (Wildman–Crippen MR) is 52.4 cm³/mol. The van der Waals surface area contributed by atoms with Crippen LogP contribution in [-0.4, -0.2) is 13.0 Å². The fourth-order valence-corrected chi connectivity index (χ4v) is 1.28. The molecule has 3 N–H and O–H groups in total. The highest BCUT2D eigenvalue weighted by atomic mass is 35.5. The number of hydrogen-bond donors (Lipinski definition) is 2. The lowest BCUT2D eigenvalue weighted by Crippen LogP contribution is -2.31. The summed E-state index contributed by atoms with van der Waals surface area (Å²) in [4.78, 5) is 11.2. The Hall–Kier alpha value is -1.06. The fraction of sp³-hybridized carbons (Fsp3) is 0.222. The van der Waals surface area contributed by atoms with E-state index in [-0.39, 0.29) is 5.91 Å². The second kappa shape index (κ2) is 4.25. The summed E-state index contributed by atoms with van der Waals surface area (Å²) in [7, 11) is 1.54. The molecule has 1 aromatic rings. The molecule has 0 saturated carbocycles. The molecule has 0 bridgehead atoms. The molecule has 1 amide bonds. The van der Waals surface area contributed by atoms with E-state index in [1.807, 2.05) is 0 Å². The van der Waals surface area contributed by atoms with Gasteiger partial charge in [0.25, 0.3) is 0 Å². The van der Waals surface area contributed by atoms with E-state index in [1.54, 1.807) is 31.3 Å². The molecule has 0 radical (unpaired) electrons. The van der Waals surface area contributed by atoms with Crippen molar-refractivity contribution in [2.75, 3.05) is 7.05 Å². The lowest BCUT2D eigenvalue weighted by atomic mass is 10.1. The zero-order valence-corrected chi connectivity index (χ0v) is 8.01. The summed E-state index contributed by atoms with van der Waals surface area (Å²) in [5, 5.41) is 2.98. The first kappa shape index (κ1) is 10.0. The molecule has 0 aliphatic heterocycles. The van der Waals surface area contributed by atoms with Crippen LogP contribution in [0.25, 0.3) is 0 Å². The van der Waals surface area contributed by atoms with E-state index in [9.17, 15) is 4.79 Å². The van der Waals surface area contributed by atoms with Gasteiger partial charge in [-0.15, -0.1) is 0 Å². The number of carbonyl (C=O) groups is 1. The van der Waals surface area contributed by atoms with Crippen LogP contribution in [0.2, 0.25) is 5.02 Å². The lowest BCUT2D eigenvalue weighted by molar-refractivity contribution is -0.121. The highest BCUT2D eigenvalue weighted by Crippen LogP contribution is 2.20. The third-order valence-corrected chi connectivity index (χ3v) is 2.11. The lowest BCUT2D eigenvalue weighted by Gasteiger charge is -2.11. The van der Waals surface area contributed by atoms with Crippen LogP contribution in [0.1, 0.15) is 11.6 Å². The van der Waals surface area contributed by atoms with Gasteiger partial charge in [0.05, 0.1) is 0 Å². The number of rotatable bonds is 2. The fourth-order valence-electron chi connectivity index (χ4n) is 1.02. The van der Waals surface area contributed by atoms with E-state index in [0.717, 1.165) is 0 Å². The molecular weight excluding hydrogens is 188 g/mol. The minimum Gasteiger partial charge on any atom is -0.358 e. The summed E-state index contributed by atoms with van der Waals surface area (Å²) in [5.74, 6) is -0.242. The molecule has 1 aromatic carbocycles. The van der Waals surface area contributed by atoms with Crippen molar-refractivity contribution in [2.24, 2.45) is 5.73 Å². The number of halogens is 1. The topological polar surface area (TPSA) is 55.1 Å². The number of hydrogen-bond acceptors (Lipinski definition) is 2. The third-order valence-electron chi connectivity index (χ3n) is 1.77. The Morgan fingerprint density at radius 3 is 2.69 bits per heavy atom. The Bertz CT molecular complexity index is 314. The third kappa shape index (κ3) is 2.20. The molecule has 1 unspecified atom stereocenters. The van der Waals surface area contributed by atoms with Gasteiger partial charge in [0.15, 0.2) is 0 Å². The van der Waals surface area contributed by atoms with E-state index in [0.29, 0.717) is 10.6 Å². The predicted octanol–water partition coefficient (Wildman–Crippen LogP) is 1.09. The van der Waals surface area contributed by atoms with Crippen LogP contribution in [0.3, 0.4) is 0 Å². The van der Waals surface area contributed by atoms with Gasteiger partial charge in [0, 0.05) is 12.1 Å². The van der Waals surface area contributed by atoms with Gasteiger partial charge in [0.1, 0.15) is 6.04 Å². The van der Waals surface area contributed by atoms with Crippen molar-refractivity contribution in [3.8, 4) is 0 Å². The summed E-state index contributed by atoms with van der Waals surface area (Å²) in [5.41, 5.74) is 6.30. The number of carbonyl (C=O) groups excluding carboxylic acids is 1. The van der Waals surface area contributed by atoms with E-state index in [4.69, 9.17) is 17.3 Å². The molecule has 70 valence electrons. The molecule has 1 atom stereocenters. The summed E-state index contributed by atoms with van der Waals surface area (Å²) in [6.45, 7) is 0. The van der Waals surface area contributed by atoms with Crippen LogP contribution in [-0.2, 0) is 4.79 Å².